The molecule has 0 saturated carbocycles. The fraction of sp³-hybridized carbons (Fsp3) is 0.562. The average molecular weight is 356 g/mol. The predicted molar refractivity (Wildman–Crippen MR) is 89.7 cm³/mol. The zero-order chi connectivity index (χ0) is 17.6. The SMILES string of the molecule is CCOc1ccc(S(=O)(=O)N2CCN(CCCC(=O)O)CC2)cc1. The highest BCUT2D eigenvalue weighted by atomic mass is 32.2. The predicted octanol–water partition coefficient (Wildman–Crippen LogP) is 1.26. The lowest BCUT2D eigenvalue weighted by Crippen LogP contribution is -2.48. The summed E-state index contributed by atoms with van der Waals surface area (Å²) in [5, 5.41) is 8.66. The van der Waals surface area contributed by atoms with Gasteiger partial charge in [0.1, 0.15) is 5.75 Å². The largest absolute Gasteiger partial charge is 0.494 e. The maximum absolute atomic E-state index is 12.7. The molecule has 0 amide bonds. The molecule has 1 aliphatic heterocycles. The summed E-state index contributed by atoms with van der Waals surface area (Å²) in [7, 11) is -3.49. The third-order valence-electron chi connectivity index (χ3n) is 3.97. The second kappa shape index (κ2) is 8.46. The summed E-state index contributed by atoms with van der Waals surface area (Å²) in [6, 6.07) is 6.47. The minimum absolute atomic E-state index is 0.144. The number of piperazine rings is 1. The first kappa shape index (κ1) is 18.7. The zero-order valence-corrected chi connectivity index (χ0v) is 14.7. The lowest BCUT2D eigenvalue weighted by Gasteiger charge is -2.33. The van der Waals surface area contributed by atoms with E-state index in [-0.39, 0.29) is 11.3 Å². The van der Waals surface area contributed by atoms with E-state index in [4.69, 9.17) is 9.84 Å². The highest BCUT2D eigenvalue weighted by molar-refractivity contribution is 7.89. The van der Waals surface area contributed by atoms with Crippen LogP contribution in [0.2, 0.25) is 0 Å². The second-order valence-corrected chi connectivity index (χ2v) is 7.59. The van der Waals surface area contributed by atoms with Gasteiger partial charge in [-0.15, -0.1) is 0 Å². The van der Waals surface area contributed by atoms with E-state index in [0.717, 1.165) is 0 Å². The zero-order valence-electron chi connectivity index (χ0n) is 13.8. The Morgan fingerprint density at radius 2 is 1.79 bits per heavy atom. The lowest BCUT2D eigenvalue weighted by atomic mass is 10.2. The highest BCUT2D eigenvalue weighted by Crippen LogP contribution is 2.21. The van der Waals surface area contributed by atoms with Crippen LogP contribution in [0.15, 0.2) is 29.2 Å². The molecule has 0 spiro atoms. The van der Waals surface area contributed by atoms with Crippen molar-refractivity contribution in [1.29, 1.82) is 0 Å². The summed E-state index contributed by atoms with van der Waals surface area (Å²) >= 11 is 0. The van der Waals surface area contributed by atoms with Gasteiger partial charge in [-0.3, -0.25) is 4.79 Å². The molecule has 1 saturated heterocycles. The Morgan fingerprint density at radius 1 is 1.17 bits per heavy atom. The summed E-state index contributed by atoms with van der Waals surface area (Å²) in [5.74, 6) is -0.147. The van der Waals surface area contributed by atoms with Gasteiger partial charge in [-0.2, -0.15) is 4.31 Å². The standard InChI is InChI=1S/C16H24N2O5S/c1-2-23-14-5-7-15(8-6-14)24(21,22)18-12-10-17(11-13-18)9-3-4-16(19)20/h5-8H,2-4,9-13H2,1H3,(H,19,20). The maximum atomic E-state index is 12.7. The first-order chi connectivity index (χ1) is 11.4. The molecular weight excluding hydrogens is 332 g/mol. The smallest absolute Gasteiger partial charge is 0.303 e. The molecule has 0 atom stereocenters. The highest BCUT2D eigenvalue weighted by Gasteiger charge is 2.28. The van der Waals surface area contributed by atoms with Crippen molar-refractivity contribution in [3.8, 4) is 5.75 Å². The molecule has 1 N–H and O–H groups in total. The van der Waals surface area contributed by atoms with Crippen molar-refractivity contribution in [2.75, 3.05) is 39.3 Å². The van der Waals surface area contributed by atoms with Crippen LogP contribution in [0.25, 0.3) is 0 Å². The number of hydrogen-bond acceptors (Lipinski definition) is 5. The molecular formula is C16H24N2O5S. The molecule has 1 aliphatic rings. The monoisotopic (exact) mass is 356 g/mol. The Morgan fingerprint density at radius 3 is 2.33 bits per heavy atom. The van der Waals surface area contributed by atoms with E-state index < -0.39 is 16.0 Å². The van der Waals surface area contributed by atoms with Crippen LogP contribution in [-0.2, 0) is 14.8 Å². The first-order valence-corrected chi connectivity index (χ1v) is 9.54. The van der Waals surface area contributed by atoms with Crippen molar-refractivity contribution in [2.45, 2.75) is 24.7 Å². The molecule has 24 heavy (non-hydrogen) atoms. The quantitative estimate of drug-likeness (QED) is 0.754. The van der Waals surface area contributed by atoms with Gasteiger partial charge in [0, 0.05) is 32.6 Å². The fourth-order valence-corrected chi connectivity index (χ4v) is 4.09. The van der Waals surface area contributed by atoms with Gasteiger partial charge >= 0.3 is 5.97 Å². The normalized spacial score (nSPS) is 16.9. The van der Waals surface area contributed by atoms with Gasteiger partial charge < -0.3 is 14.7 Å². The average Bonchev–Trinajstić information content (AvgIpc) is 2.56. The Bertz CT molecular complexity index is 637. The summed E-state index contributed by atoms with van der Waals surface area (Å²) in [5.41, 5.74) is 0. The molecule has 0 aliphatic carbocycles. The summed E-state index contributed by atoms with van der Waals surface area (Å²) < 4.78 is 32.1. The Kier molecular flexibility index (Phi) is 6.59. The van der Waals surface area contributed by atoms with Gasteiger partial charge in [-0.25, -0.2) is 8.42 Å². The first-order valence-electron chi connectivity index (χ1n) is 8.10. The minimum atomic E-state index is -3.49. The summed E-state index contributed by atoms with van der Waals surface area (Å²) in [6.45, 7) is 5.18. The van der Waals surface area contributed by atoms with Crippen LogP contribution in [0.3, 0.4) is 0 Å². The van der Waals surface area contributed by atoms with Crippen LogP contribution in [0.5, 0.6) is 5.75 Å². The van der Waals surface area contributed by atoms with Crippen molar-refractivity contribution in [3.63, 3.8) is 0 Å². The Labute approximate surface area is 142 Å². The van der Waals surface area contributed by atoms with E-state index in [2.05, 4.69) is 4.90 Å². The molecule has 0 unspecified atom stereocenters. The van der Waals surface area contributed by atoms with Crippen LogP contribution in [0.1, 0.15) is 19.8 Å². The van der Waals surface area contributed by atoms with Crippen molar-refractivity contribution in [3.05, 3.63) is 24.3 Å². The van der Waals surface area contributed by atoms with Gasteiger partial charge in [-0.1, -0.05) is 0 Å². The molecule has 0 aromatic heterocycles. The van der Waals surface area contributed by atoms with Crippen molar-refractivity contribution in [1.82, 2.24) is 9.21 Å². The molecule has 0 bridgehead atoms. The fourth-order valence-electron chi connectivity index (χ4n) is 2.67. The molecule has 1 heterocycles. The Hall–Kier alpha value is -1.64. The number of hydrogen-bond donors (Lipinski definition) is 1. The van der Waals surface area contributed by atoms with E-state index >= 15 is 0 Å². The number of nitrogens with zero attached hydrogens (tertiary/aromatic N) is 2. The third-order valence-corrected chi connectivity index (χ3v) is 5.88. The molecule has 8 heteroatoms. The molecule has 0 radical (unpaired) electrons. The van der Waals surface area contributed by atoms with Crippen LogP contribution in [0.4, 0.5) is 0 Å². The lowest BCUT2D eigenvalue weighted by molar-refractivity contribution is -0.137. The van der Waals surface area contributed by atoms with E-state index in [1.807, 2.05) is 6.92 Å². The molecule has 7 nitrogen and oxygen atoms in total. The number of carboxylic acid groups (broad SMARTS) is 1. The van der Waals surface area contributed by atoms with Crippen LogP contribution >= 0.6 is 0 Å². The molecule has 2 rings (SSSR count). The van der Waals surface area contributed by atoms with E-state index in [1.54, 1.807) is 24.3 Å². The summed E-state index contributed by atoms with van der Waals surface area (Å²) in [4.78, 5) is 12.9. The number of ether oxygens (including phenoxy) is 1. The van der Waals surface area contributed by atoms with Gasteiger partial charge in [0.05, 0.1) is 11.5 Å². The molecule has 1 fully saturated rings. The number of rotatable bonds is 8. The number of sulfonamides is 1. The van der Waals surface area contributed by atoms with Crippen LogP contribution < -0.4 is 4.74 Å². The second-order valence-electron chi connectivity index (χ2n) is 5.65. The summed E-state index contributed by atoms with van der Waals surface area (Å²) in [6.07, 6.45) is 0.728. The van der Waals surface area contributed by atoms with Crippen LogP contribution in [-0.4, -0.2) is 68.0 Å². The molecule has 1 aromatic carbocycles. The number of aliphatic carboxylic acids is 1. The van der Waals surface area contributed by atoms with Crippen molar-refractivity contribution < 1.29 is 23.1 Å². The Balaban J connectivity index is 1.91. The van der Waals surface area contributed by atoms with E-state index in [1.165, 1.54) is 4.31 Å². The molecule has 134 valence electrons. The number of carbonyl (C=O) groups is 1. The molecule has 1 aromatic rings. The van der Waals surface area contributed by atoms with Crippen molar-refractivity contribution in [2.24, 2.45) is 0 Å². The maximum Gasteiger partial charge on any atom is 0.303 e. The van der Waals surface area contributed by atoms with E-state index in [0.29, 0.717) is 51.5 Å². The number of benzene rings is 1. The van der Waals surface area contributed by atoms with Gasteiger partial charge in [-0.05, 0) is 44.2 Å². The number of carboxylic acids is 1. The van der Waals surface area contributed by atoms with Gasteiger partial charge in [0.2, 0.25) is 10.0 Å². The van der Waals surface area contributed by atoms with Crippen LogP contribution in [0, 0.1) is 0 Å². The van der Waals surface area contributed by atoms with Gasteiger partial charge in [0.25, 0.3) is 0 Å². The van der Waals surface area contributed by atoms with Gasteiger partial charge in [0.15, 0.2) is 0 Å². The minimum Gasteiger partial charge on any atom is -0.494 e. The van der Waals surface area contributed by atoms with E-state index in [9.17, 15) is 13.2 Å². The van der Waals surface area contributed by atoms with Crippen molar-refractivity contribution >= 4 is 16.0 Å². The third kappa shape index (κ3) is 4.93. The topological polar surface area (TPSA) is 87.2 Å².